The van der Waals surface area contributed by atoms with Gasteiger partial charge in [-0.3, -0.25) is 4.98 Å². The first kappa shape index (κ1) is 11.0. The van der Waals surface area contributed by atoms with E-state index in [9.17, 15) is 4.79 Å². The van der Waals surface area contributed by atoms with Gasteiger partial charge in [0.15, 0.2) is 0 Å². The smallest absolute Gasteiger partial charge is 0.337 e. The van der Waals surface area contributed by atoms with Gasteiger partial charge in [0.25, 0.3) is 0 Å². The van der Waals surface area contributed by atoms with Crippen molar-refractivity contribution in [1.29, 1.82) is 0 Å². The zero-order chi connectivity index (χ0) is 11.7. The van der Waals surface area contributed by atoms with E-state index >= 15 is 0 Å². The van der Waals surface area contributed by atoms with Crippen LogP contribution in [-0.2, 0) is 0 Å². The Kier molecular flexibility index (Phi) is 2.83. The summed E-state index contributed by atoms with van der Waals surface area (Å²) in [6, 6.07) is 5.61. The van der Waals surface area contributed by atoms with Crippen LogP contribution in [0.25, 0.3) is 10.9 Å². The SMILES string of the molecule is CSc1cc2ncc(C(=O)O)cc2cc1C. The molecule has 0 saturated heterocycles. The molecule has 1 N–H and O–H groups in total. The molecule has 1 aromatic heterocycles. The fourth-order valence-corrected chi connectivity index (χ4v) is 2.22. The molecular weight excluding hydrogens is 222 g/mol. The van der Waals surface area contributed by atoms with Gasteiger partial charge in [-0.15, -0.1) is 11.8 Å². The number of aromatic carboxylic acids is 1. The fourth-order valence-electron chi connectivity index (χ4n) is 1.61. The maximum atomic E-state index is 10.8. The van der Waals surface area contributed by atoms with Gasteiger partial charge in [-0.2, -0.15) is 0 Å². The van der Waals surface area contributed by atoms with Crippen LogP contribution in [0.2, 0.25) is 0 Å². The third kappa shape index (κ3) is 1.88. The number of rotatable bonds is 2. The van der Waals surface area contributed by atoms with Crippen molar-refractivity contribution < 1.29 is 9.90 Å². The van der Waals surface area contributed by atoms with E-state index in [0.29, 0.717) is 0 Å². The molecule has 3 nitrogen and oxygen atoms in total. The maximum absolute atomic E-state index is 10.8. The summed E-state index contributed by atoms with van der Waals surface area (Å²) in [7, 11) is 0. The van der Waals surface area contributed by atoms with E-state index in [-0.39, 0.29) is 5.56 Å². The van der Waals surface area contributed by atoms with E-state index < -0.39 is 5.97 Å². The van der Waals surface area contributed by atoms with Gasteiger partial charge < -0.3 is 5.11 Å². The van der Waals surface area contributed by atoms with Crippen molar-refractivity contribution in [3.05, 3.63) is 35.5 Å². The number of carbonyl (C=O) groups is 1. The molecule has 2 aromatic rings. The van der Waals surface area contributed by atoms with Crippen molar-refractivity contribution >= 4 is 28.6 Å². The van der Waals surface area contributed by atoms with E-state index in [0.717, 1.165) is 16.5 Å². The van der Waals surface area contributed by atoms with E-state index in [1.807, 2.05) is 25.3 Å². The Balaban J connectivity index is 2.66. The molecule has 0 amide bonds. The molecular formula is C12H11NO2S. The van der Waals surface area contributed by atoms with Crippen LogP contribution in [0.4, 0.5) is 0 Å². The van der Waals surface area contributed by atoms with Crippen LogP contribution in [0.5, 0.6) is 0 Å². The van der Waals surface area contributed by atoms with E-state index in [1.54, 1.807) is 17.8 Å². The number of carboxylic acids is 1. The molecule has 0 fully saturated rings. The number of pyridine rings is 1. The van der Waals surface area contributed by atoms with Gasteiger partial charge in [-0.25, -0.2) is 4.79 Å². The van der Waals surface area contributed by atoms with Gasteiger partial charge in [0, 0.05) is 16.5 Å². The number of carboxylic acid groups (broad SMARTS) is 1. The lowest BCUT2D eigenvalue weighted by Gasteiger charge is -2.05. The number of thioether (sulfide) groups is 1. The second-order valence-corrected chi connectivity index (χ2v) is 4.39. The summed E-state index contributed by atoms with van der Waals surface area (Å²) in [5.74, 6) is -0.944. The van der Waals surface area contributed by atoms with Crippen LogP contribution >= 0.6 is 11.8 Å². The number of hydrogen-bond acceptors (Lipinski definition) is 3. The monoisotopic (exact) mass is 233 g/mol. The number of aryl methyl sites for hydroxylation is 1. The van der Waals surface area contributed by atoms with Gasteiger partial charge >= 0.3 is 5.97 Å². The Hall–Kier alpha value is -1.55. The average molecular weight is 233 g/mol. The molecule has 1 heterocycles. The van der Waals surface area contributed by atoms with Crippen molar-refractivity contribution in [2.45, 2.75) is 11.8 Å². The van der Waals surface area contributed by atoms with Gasteiger partial charge in [0.1, 0.15) is 0 Å². The van der Waals surface area contributed by atoms with E-state index in [4.69, 9.17) is 5.11 Å². The third-order valence-corrected chi connectivity index (χ3v) is 3.32. The second-order valence-electron chi connectivity index (χ2n) is 3.54. The standard InChI is InChI=1S/C12H11NO2S/c1-7-3-8-4-9(12(14)15)6-13-10(8)5-11(7)16-2/h3-6H,1-2H3,(H,14,15). The summed E-state index contributed by atoms with van der Waals surface area (Å²) < 4.78 is 0. The Bertz CT molecular complexity index is 566. The lowest BCUT2D eigenvalue weighted by molar-refractivity contribution is 0.0696. The summed E-state index contributed by atoms with van der Waals surface area (Å²) in [6.07, 6.45) is 3.41. The predicted molar refractivity (Wildman–Crippen MR) is 65.2 cm³/mol. The van der Waals surface area contributed by atoms with Gasteiger partial charge in [-0.1, -0.05) is 0 Å². The quantitative estimate of drug-likeness (QED) is 0.810. The normalized spacial score (nSPS) is 10.6. The number of benzene rings is 1. The number of nitrogens with zero attached hydrogens (tertiary/aromatic N) is 1. The number of fused-ring (bicyclic) bond motifs is 1. The molecule has 16 heavy (non-hydrogen) atoms. The van der Waals surface area contributed by atoms with Crippen LogP contribution in [0.15, 0.2) is 29.3 Å². The molecule has 0 radical (unpaired) electrons. The largest absolute Gasteiger partial charge is 0.478 e. The first-order chi connectivity index (χ1) is 7.61. The topological polar surface area (TPSA) is 50.2 Å². The summed E-state index contributed by atoms with van der Waals surface area (Å²) in [5, 5.41) is 9.74. The van der Waals surface area contributed by atoms with E-state index in [1.165, 1.54) is 11.1 Å². The zero-order valence-electron chi connectivity index (χ0n) is 9.02. The van der Waals surface area contributed by atoms with Crippen LogP contribution in [0.1, 0.15) is 15.9 Å². The number of aromatic nitrogens is 1. The molecule has 0 saturated carbocycles. The van der Waals surface area contributed by atoms with Crippen LogP contribution < -0.4 is 0 Å². The average Bonchev–Trinajstić information content (AvgIpc) is 2.27. The second kappa shape index (κ2) is 4.14. The fraction of sp³-hybridized carbons (Fsp3) is 0.167. The Morgan fingerprint density at radius 1 is 1.38 bits per heavy atom. The lowest BCUT2D eigenvalue weighted by Crippen LogP contribution is -1.97. The summed E-state index contributed by atoms with van der Waals surface area (Å²) in [4.78, 5) is 16.1. The zero-order valence-corrected chi connectivity index (χ0v) is 9.84. The van der Waals surface area contributed by atoms with E-state index in [2.05, 4.69) is 4.98 Å². The van der Waals surface area contributed by atoms with Crippen LogP contribution in [0, 0.1) is 6.92 Å². The predicted octanol–water partition coefficient (Wildman–Crippen LogP) is 2.96. The molecule has 1 aromatic carbocycles. The molecule has 0 aliphatic rings. The van der Waals surface area contributed by atoms with Gasteiger partial charge in [-0.05, 0) is 36.9 Å². The van der Waals surface area contributed by atoms with Crippen molar-refractivity contribution in [2.75, 3.05) is 6.26 Å². The van der Waals surface area contributed by atoms with Gasteiger partial charge in [0.2, 0.25) is 0 Å². The highest BCUT2D eigenvalue weighted by Crippen LogP contribution is 2.25. The van der Waals surface area contributed by atoms with Gasteiger partial charge in [0.05, 0.1) is 11.1 Å². The molecule has 2 rings (SSSR count). The number of hydrogen-bond donors (Lipinski definition) is 1. The third-order valence-electron chi connectivity index (χ3n) is 2.44. The molecule has 0 bridgehead atoms. The molecule has 0 atom stereocenters. The highest BCUT2D eigenvalue weighted by atomic mass is 32.2. The Morgan fingerprint density at radius 3 is 2.75 bits per heavy atom. The van der Waals surface area contributed by atoms with Crippen LogP contribution in [0.3, 0.4) is 0 Å². The first-order valence-corrected chi connectivity index (χ1v) is 6.02. The maximum Gasteiger partial charge on any atom is 0.337 e. The molecule has 82 valence electrons. The summed E-state index contributed by atoms with van der Waals surface area (Å²) >= 11 is 1.66. The molecule has 0 unspecified atom stereocenters. The minimum absolute atomic E-state index is 0.226. The Morgan fingerprint density at radius 2 is 2.12 bits per heavy atom. The van der Waals surface area contributed by atoms with Crippen molar-refractivity contribution in [3.8, 4) is 0 Å². The molecule has 0 aliphatic carbocycles. The van der Waals surface area contributed by atoms with Crippen molar-refractivity contribution in [3.63, 3.8) is 0 Å². The summed E-state index contributed by atoms with van der Waals surface area (Å²) in [5.41, 5.74) is 2.20. The highest BCUT2D eigenvalue weighted by molar-refractivity contribution is 7.98. The minimum atomic E-state index is -0.944. The minimum Gasteiger partial charge on any atom is -0.478 e. The first-order valence-electron chi connectivity index (χ1n) is 4.79. The lowest BCUT2D eigenvalue weighted by atomic mass is 10.1. The molecule has 0 aliphatic heterocycles. The van der Waals surface area contributed by atoms with Crippen molar-refractivity contribution in [1.82, 2.24) is 4.98 Å². The Labute approximate surface area is 97.5 Å². The summed E-state index contributed by atoms with van der Waals surface area (Å²) in [6.45, 7) is 2.01. The molecule has 0 spiro atoms. The van der Waals surface area contributed by atoms with Crippen molar-refractivity contribution in [2.24, 2.45) is 0 Å². The van der Waals surface area contributed by atoms with Crippen LogP contribution in [-0.4, -0.2) is 22.3 Å². The highest BCUT2D eigenvalue weighted by Gasteiger charge is 2.06. The molecule has 4 heteroatoms.